The van der Waals surface area contributed by atoms with Gasteiger partial charge in [-0.25, -0.2) is 0 Å². The molecule has 0 heterocycles. The van der Waals surface area contributed by atoms with Crippen LogP contribution >= 0.6 is 0 Å². The number of nitrogens with two attached hydrogens (primary N) is 1. The predicted octanol–water partition coefficient (Wildman–Crippen LogP) is 3.18. The van der Waals surface area contributed by atoms with E-state index in [-0.39, 0.29) is 11.8 Å². The number of ether oxygens (including phenoxy) is 1. The van der Waals surface area contributed by atoms with Crippen molar-refractivity contribution in [3.8, 4) is 5.75 Å². The number of amides is 1. The zero-order valence-electron chi connectivity index (χ0n) is 12.8. The number of carbonyl (C=O) groups excluding carboxylic acids is 1. The fourth-order valence-corrected chi connectivity index (χ4v) is 2.79. The van der Waals surface area contributed by atoms with Gasteiger partial charge in [-0.15, -0.1) is 0 Å². The Morgan fingerprint density at radius 3 is 2.76 bits per heavy atom. The Morgan fingerprint density at radius 1 is 1.33 bits per heavy atom. The molecule has 0 aromatic heterocycles. The van der Waals surface area contributed by atoms with Crippen molar-refractivity contribution in [2.24, 2.45) is 17.6 Å². The lowest BCUT2D eigenvalue weighted by Gasteiger charge is -2.26. The second kappa shape index (κ2) is 8.03. The van der Waals surface area contributed by atoms with Gasteiger partial charge < -0.3 is 15.8 Å². The molecule has 0 aliphatic heterocycles. The first-order chi connectivity index (χ1) is 10.2. The molecule has 21 heavy (non-hydrogen) atoms. The van der Waals surface area contributed by atoms with Crippen LogP contribution in [0.4, 0.5) is 5.69 Å². The maximum Gasteiger partial charge on any atom is 0.227 e. The van der Waals surface area contributed by atoms with Gasteiger partial charge in [-0.2, -0.15) is 0 Å². The van der Waals surface area contributed by atoms with Crippen LogP contribution in [0.1, 0.15) is 39.0 Å². The number of hydrogen-bond acceptors (Lipinski definition) is 3. The van der Waals surface area contributed by atoms with E-state index in [4.69, 9.17) is 10.5 Å². The molecule has 0 atom stereocenters. The summed E-state index contributed by atoms with van der Waals surface area (Å²) in [5.41, 5.74) is 6.50. The second-order valence-electron chi connectivity index (χ2n) is 5.82. The van der Waals surface area contributed by atoms with Gasteiger partial charge in [0.25, 0.3) is 0 Å². The van der Waals surface area contributed by atoms with Gasteiger partial charge in [0.2, 0.25) is 5.91 Å². The summed E-state index contributed by atoms with van der Waals surface area (Å²) in [5.74, 6) is 1.65. The number of hydrogen-bond donors (Lipinski definition) is 2. The molecule has 2 rings (SSSR count). The van der Waals surface area contributed by atoms with Crippen LogP contribution in [0.15, 0.2) is 24.3 Å². The third-order valence-corrected chi connectivity index (χ3v) is 4.13. The van der Waals surface area contributed by atoms with Crippen LogP contribution in [0.2, 0.25) is 0 Å². The van der Waals surface area contributed by atoms with Gasteiger partial charge in [0.15, 0.2) is 0 Å². The minimum Gasteiger partial charge on any atom is -0.494 e. The molecule has 3 N–H and O–H groups in total. The SMILES string of the molecule is CCCOc1cccc(NC(=O)C2CCC(CN)CC2)c1. The Hall–Kier alpha value is -1.55. The first-order valence-corrected chi connectivity index (χ1v) is 7.96. The van der Waals surface area contributed by atoms with Gasteiger partial charge in [0.1, 0.15) is 5.75 Å². The third-order valence-electron chi connectivity index (χ3n) is 4.13. The maximum absolute atomic E-state index is 12.3. The minimum atomic E-state index is 0.119. The van der Waals surface area contributed by atoms with Crippen LogP contribution in [0.5, 0.6) is 5.75 Å². The molecule has 1 fully saturated rings. The van der Waals surface area contributed by atoms with E-state index in [2.05, 4.69) is 12.2 Å². The molecule has 1 aromatic carbocycles. The molecule has 0 saturated heterocycles. The fraction of sp³-hybridized carbons (Fsp3) is 0.588. The quantitative estimate of drug-likeness (QED) is 0.845. The van der Waals surface area contributed by atoms with E-state index in [9.17, 15) is 4.79 Å². The van der Waals surface area contributed by atoms with E-state index in [0.717, 1.165) is 50.1 Å². The van der Waals surface area contributed by atoms with Crippen molar-refractivity contribution in [3.05, 3.63) is 24.3 Å². The average molecular weight is 290 g/mol. The normalized spacial score (nSPS) is 21.8. The van der Waals surface area contributed by atoms with Crippen molar-refractivity contribution in [1.82, 2.24) is 0 Å². The number of nitrogens with one attached hydrogen (secondary N) is 1. The summed E-state index contributed by atoms with van der Waals surface area (Å²) in [6, 6.07) is 7.62. The van der Waals surface area contributed by atoms with Crippen molar-refractivity contribution < 1.29 is 9.53 Å². The van der Waals surface area contributed by atoms with Crippen LogP contribution in [0.25, 0.3) is 0 Å². The molecule has 1 aliphatic rings. The second-order valence-corrected chi connectivity index (χ2v) is 5.82. The molecule has 0 spiro atoms. The highest BCUT2D eigenvalue weighted by Gasteiger charge is 2.25. The summed E-state index contributed by atoms with van der Waals surface area (Å²) in [7, 11) is 0. The van der Waals surface area contributed by atoms with Crippen molar-refractivity contribution in [2.45, 2.75) is 39.0 Å². The molecular formula is C17H26N2O2. The van der Waals surface area contributed by atoms with Crippen molar-refractivity contribution in [2.75, 3.05) is 18.5 Å². The highest BCUT2D eigenvalue weighted by molar-refractivity contribution is 5.92. The minimum absolute atomic E-state index is 0.119. The summed E-state index contributed by atoms with van der Waals surface area (Å²) >= 11 is 0. The lowest BCUT2D eigenvalue weighted by molar-refractivity contribution is -0.121. The fourth-order valence-electron chi connectivity index (χ4n) is 2.79. The van der Waals surface area contributed by atoms with Crippen molar-refractivity contribution in [1.29, 1.82) is 0 Å². The van der Waals surface area contributed by atoms with Gasteiger partial charge in [-0.3, -0.25) is 4.79 Å². The predicted molar refractivity (Wildman–Crippen MR) is 85.4 cm³/mol. The van der Waals surface area contributed by atoms with Gasteiger partial charge in [-0.1, -0.05) is 13.0 Å². The van der Waals surface area contributed by atoms with E-state index >= 15 is 0 Å². The van der Waals surface area contributed by atoms with Gasteiger partial charge >= 0.3 is 0 Å². The molecule has 0 unspecified atom stereocenters. The Bertz CT molecular complexity index is 454. The summed E-state index contributed by atoms with van der Waals surface area (Å²) < 4.78 is 5.59. The van der Waals surface area contributed by atoms with E-state index in [0.29, 0.717) is 12.5 Å². The zero-order chi connectivity index (χ0) is 15.1. The molecule has 4 nitrogen and oxygen atoms in total. The summed E-state index contributed by atoms with van der Waals surface area (Å²) in [6.45, 7) is 3.51. The molecule has 4 heteroatoms. The van der Waals surface area contributed by atoms with Gasteiger partial charge in [0.05, 0.1) is 6.61 Å². The Balaban J connectivity index is 1.87. The third kappa shape index (κ3) is 4.74. The van der Waals surface area contributed by atoms with E-state index in [1.807, 2.05) is 24.3 Å². The molecule has 1 saturated carbocycles. The molecule has 1 amide bonds. The number of carbonyl (C=O) groups is 1. The van der Waals surface area contributed by atoms with Crippen LogP contribution in [-0.4, -0.2) is 19.1 Å². The van der Waals surface area contributed by atoms with Crippen LogP contribution < -0.4 is 15.8 Å². The Morgan fingerprint density at radius 2 is 2.10 bits per heavy atom. The molecule has 0 radical (unpaired) electrons. The average Bonchev–Trinajstić information content (AvgIpc) is 2.53. The smallest absolute Gasteiger partial charge is 0.227 e. The van der Waals surface area contributed by atoms with E-state index in [1.165, 1.54) is 0 Å². The first-order valence-electron chi connectivity index (χ1n) is 7.96. The summed E-state index contributed by atoms with van der Waals surface area (Å²) in [5, 5.41) is 3.01. The Kier molecular flexibility index (Phi) is 6.05. The van der Waals surface area contributed by atoms with Crippen molar-refractivity contribution >= 4 is 11.6 Å². The summed E-state index contributed by atoms with van der Waals surface area (Å²) in [6.07, 6.45) is 4.99. The standard InChI is InChI=1S/C17H26N2O2/c1-2-10-21-16-5-3-4-15(11-16)19-17(20)14-8-6-13(12-18)7-9-14/h3-5,11,13-14H,2,6-10,12,18H2,1H3,(H,19,20). The molecule has 116 valence electrons. The van der Waals surface area contributed by atoms with E-state index < -0.39 is 0 Å². The lowest BCUT2D eigenvalue weighted by atomic mass is 9.81. The van der Waals surface area contributed by atoms with E-state index in [1.54, 1.807) is 0 Å². The summed E-state index contributed by atoms with van der Waals surface area (Å²) in [4.78, 5) is 12.3. The zero-order valence-corrected chi connectivity index (χ0v) is 12.8. The highest BCUT2D eigenvalue weighted by Crippen LogP contribution is 2.29. The molecular weight excluding hydrogens is 264 g/mol. The van der Waals surface area contributed by atoms with Gasteiger partial charge in [0, 0.05) is 17.7 Å². The largest absolute Gasteiger partial charge is 0.494 e. The number of anilines is 1. The Labute approximate surface area is 127 Å². The topological polar surface area (TPSA) is 64.3 Å². The maximum atomic E-state index is 12.3. The lowest BCUT2D eigenvalue weighted by Crippen LogP contribution is -2.29. The monoisotopic (exact) mass is 290 g/mol. The molecule has 1 aromatic rings. The van der Waals surface area contributed by atoms with Crippen LogP contribution in [-0.2, 0) is 4.79 Å². The first kappa shape index (κ1) is 15.8. The molecule has 1 aliphatic carbocycles. The van der Waals surface area contributed by atoms with Gasteiger partial charge in [-0.05, 0) is 56.7 Å². The van der Waals surface area contributed by atoms with Crippen LogP contribution in [0, 0.1) is 11.8 Å². The number of benzene rings is 1. The van der Waals surface area contributed by atoms with Crippen LogP contribution in [0.3, 0.4) is 0 Å². The van der Waals surface area contributed by atoms with Crippen molar-refractivity contribution in [3.63, 3.8) is 0 Å². The highest BCUT2D eigenvalue weighted by atomic mass is 16.5. The number of rotatable bonds is 6. The molecule has 0 bridgehead atoms.